The molecule has 36 heavy (non-hydrogen) atoms. The zero-order valence-corrected chi connectivity index (χ0v) is 21.4. The normalized spacial score (nSPS) is 13.5. The number of morpholine rings is 1. The first-order chi connectivity index (χ1) is 17.2. The van der Waals surface area contributed by atoms with Crippen molar-refractivity contribution in [2.45, 2.75) is 33.2 Å². The second-order valence-electron chi connectivity index (χ2n) is 9.36. The molecule has 10 nitrogen and oxygen atoms in total. The fourth-order valence-electron chi connectivity index (χ4n) is 3.76. The summed E-state index contributed by atoms with van der Waals surface area (Å²) in [6.07, 6.45) is 4.11. The molecule has 3 heterocycles. The van der Waals surface area contributed by atoms with Crippen molar-refractivity contribution in [3.63, 3.8) is 0 Å². The summed E-state index contributed by atoms with van der Waals surface area (Å²) in [4.78, 5) is 15.5. The van der Waals surface area contributed by atoms with Gasteiger partial charge in [0.25, 0.3) is 0 Å². The third-order valence-corrected chi connectivity index (χ3v) is 5.57. The molecule has 1 aliphatic heterocycles. The van der Waals surface area contributed by atoms with E-state index in [1.165, 1.54) is 0 Å². The van der Waals surface area contributed by atoms with Crippen LogP contribution in [0.3, 0.4) is 0 Å². The lowest BCUT2D eigenvalue weighted by Gasteiger charge is -2.28. The molecule has 194 valence electrons. The van der Waals surface area contributed by atoms with Crippen LogP contribution in [0.15, 0.2) is 42.7 Å². The fraction of sp³-hybridized carbons (Fsp3) is 0.423. The molecular weight excluding hydrogens is 460 g/mol. The Balaban J connectivity index is 0.00000115. The number of pyridine rings is 1. The summed E-state index contributed by atoms with van der Waals surface area (Å²) in [6, 6.07) is 10.3. The van der Waals surface area contributed by atoms with Crippen LogP contribution in [0.25, 0.3) is 11.1 Å². The van der Waals surface area contributed by atoms with Crippen molar-refractivity contribution < 1.29 is 19.4 Å². The second-order valence-corrected chi connectivity index (χ2v) is 9.36. The number of aliphatic hydroxyl groups is 1. The monoisotopic (exact) mass is 496 g/mol. The number of nitrogens with two attached hydrogens (primary N) is 1. The number of aliphatic hydroxyl groups excluding tert-OH is 1. The van der Waals surface area contributed by atoms with E-state index in [4.69, 9.17) is 14.3 Å². The number of hydrogen-bond acceptors (Lipinski definition) is 8. The van der Waals surface area contributed by atoms with Crippen LogP contribution in [-0.4, -0.2) is 65.8 Å². The molecule has 0 aliphatic carbocycles. The first-order valence-electron chi connectivity index (χ1n) is 11.9. The summed E-state index contributed by atoms with van der Waals surface area (Å²) in [5.74, 6) is 1.36. The molecule has 0 bridgehead atoms. The highest BCUT2D eigenvalue weighted by atomic mass is 16.5. The summed E-state index contributed by atoms with van der Waals surface area (Å²) in [5.41, 5.74) is 9.27. The number of ether oxygens (including phenoxy) is 2. The van der Waals surface area contributed by atoms with Gasteiger partial charge in [0, 0.05) is 31.0 Å². The minimum Gasteiger partial charge on any atom is -0.475 e. The van der Waals surface area contributed by atoms with Crippen LogP contribution in [0.2, 0.25) is 0 Å². The third-order valence-electron chi connectivity index (χ3n) is 5.57. The lowest BCUT2D eigenvalue weighted by Crippen LogP contribution is -2.36. The maximum absolute atomic E-state index is 9.21. The van der Waals surface area contributed by atoms with Crippen molar-refractivity contribution in [2.24, 2.45) is 5.73 Å². The Morgan fingerprint density at radius 1 is 1.19 bits per heavy atom. The Hall–Kier alpha value is -3.63. The zero-order valence-electron chi connectivity index (χ0n) is 21.4. The Morgan fingerprint density at radius 3 is 2.56 bits per heavy atom. The van der Waals surface area contributed by atoms with E-state index in [0.29, 0.717) is 19.1 Å². The fourth-order valence-corrected chi connectivity index (χ4v) is 3.76. The van der Waals surface area contributed by atoms with Gasteiger partial charge >= 0.3 is 0 Å². The van der Waals surface area contributed by atoms with Gasteiger partial charge in [-0.15, -0.1) is 0 Å². The van der Waals surface area contributed by atoms with Gasteiger partial charge in [-0.2, -0.15) is 10.1 Å². The van der Waals surface area contributed by atoms with Gasteiger partial charge in [0.05, 0.1) is 37.2 Å². The first kappa shape index (κ1) is 27.0. The smallest absolute Gasteiger partial charge is 0.215 e. The van der Waals surface area contributed by atoms with E-state index < -0.39 is 0 Å². The standard InChI is InChI=1S/C25H33N5O3.CH3NO/c1-18-5-6-20(27-21-16-26-30(17-21)25(2,3)4)15-22(18)19-13-23(29-7-10-32-11-8-29)28-24(14-19)33-12-9-31;2-1-3/h5-6,13-17,27,31H,7-12H2,1-4H3;1H,(H2,2,3). The molecule has 1 aromatic carbocycles. The Kier molecular flexibility index (Phi) is 9.26. The van der Waals surface area contributed by atoms with Crippen molar-refractivity contribution in [1.29, 1.82) is 0 Å². The van der Waals surface area contributed by atoms with Gasteiger partial charge in [0.15, 0.2) is 0 Å². The summed E-state index contributed by atoms with van der Waals surface area (Å²) in [6.45, 7) is 11.6. The van der Waals surface area contributed by atoms with Crippen LogP contribution in [0.4, 0.5) is 17.2 Å². The van der Waals surface area contributed by atoms with Crippen molar-refractivity contribution in [2.75, 3.05) is 49.7 Å². The number of carbonyl (C=O) groups is 1. The number of anilines is 3. The molecule has 2 aromatic heterocycles. The van der Waals surface area contributed by atoms with Crippen molar-refractivity contribution >= 4 is 23.6 Å². The molecule has 0 unspecified atom stereocenters. The highest BCUT2D eigenvalue weighted by molar-refractivity contribution is 5.76. The van der Waals surface area contributed by atoms with Crippen molar-refractivity contribution in [1.82, 2.24) is 14.8 Å². The predicted octanol–water partition coefficient (Wildman–Crippen LogP) is 3.06. The van der Waals surface area contributed by atoms with E-state index in [2.05, 4.69) is 78.0 Å². The largest absolute Gasteiger partial charge is 0.475 e. The molecule has 0 radical (unpaired) electrons. The Bertz CT molecular complexity index is 1140. The highest BCUT2D eigenvalue weighted by Crippen LogP contribution is 2.33. The Labute approximate surface area is 212 Å². The van der Waals surface area contributed by atoms with E-state index in [0.717, 1.165) is 47.0 Å². The number of aromatic nitrogens is 3. The molecule has 4 N–H and O–H groups in total. The zero-order chi connectivity index (χ0) is 26.1. The van der Waals surface area contributed by atoms with Crippen LogP contribution < -0.4 is 20.7 Å². The molecule has 1 amide bonds. The minimum atomic E-state index is -0.0731. The van der Waals surface area contributed by atoms with Gasteiger partial charge in [-0.25, -0.2) is 0 Å². The quantitative estimate of drug-likeness (QED) is 0.426. The summed E-state index contributed by atoms with van der Waals surface area (Å²) in [7, 11) is 0. The topological polar surface area (TPSA) is 128 Å². The molecule has 1 aliphatic rings. The van der Waals surface area contributed by atoms with E-state index in [1.807, 2.05) is 23.1 Å². The van der Waals surface area contributed by atoms with Crippen LogP contribution in [-0.2, 0) is 15.1 Å². The highest BCUT2D eigenvalue weighted by Gasteiger charge is 2.17. The number of nitrogens with one attached hydrogen (secondary N) is 1. The first-order valence-corrected chi connectivity index (χ1v) is 11.9. The van der Waals surface area contributed by atoms with Gasteiger partial charge in [-0.1, -0.05) is 6.07 Å². The van der Waals surface area contributed by atoms with E-state index in [9.17, 15) is 5.11 Å². The third kappa shape index (κ3) is 7.19. The van der Waals surface area contributed by atoms with Gasteiger partial charge in [0.2, 0.25) is 12.3 Å². The Morgan fingerprint density at radius 2 is 1.92 bits per heavy atom. The number of rotatable bonds is 7. The van der Waals surface area contributed by atoms with Crippen LogP contribution in [0.1, 0.15) is 26.3 Å². The summed E-state index contributed by atoms with van der Waals surface area (Å²) < 4.78 is 13.2. The van der Waals surface area contributed by atoms with E-state index in [-0.39, 0.29) is 25.2 Å². The molecule has 1 fully saturated rings. The summed E-state index contributed by atoms with van der Waals surface area (Å²) >= 11 is 0. The number of aryl methyl sites for hydroxylation is 1. The van der Waals surface area contributed by atoms with Crippen molar-refractivity contribution in [3.8, 4) is 17.0 Å². The van der Waals surface area contributed by atoms with Gasteiger partial charge in [-0.05, 0) is 62.6 Å². The number of amides is 1. The lowest BCUT2D eigenvalue weighted by atomic mass is 10.00. The lowest BCUT2D eigenvalue weighted by molar-refractivity contribution is -0.106. The molecule has 10 heteroatoms. The molecule has 4 rings (SSSR count). The SMILES string of the molecule is Cc1ccc(Nc2cnn(C(C)(C)C)c2)cc1-c1cc(OCCO)nc(N2CCOCC2)c1.NC=O. The van der Waals surface area contributed by atoms with Crippen molar-refractivity contribution in [3.05, 3.63) is 48.3 Å². The molecule has 0 spiro atoms. The van der Waals surface area contributed by atoms with Gasteiger partial charge in [-0.3, -0.25) is 9.48 Å². The molecule has 0 atom stereocenters. The summed E-state index contributed by atoms with van der Waals surface area (Å²) in [5, 5.41) is 17.2. The number of hydrogen-bond donors (Lipinski definition) is 3. The molecule has 0 saturated carbocycles. The second kappa shape index (κ2) is 12.4. The van der Waals surface area contributed by atoms with Crippen LogP contribution >= 0.6 is 0 Å². The maximum Gasteiger partial charge on any atom is 0.215 e. The average molecular weight is 497 g/mol. The van der Waals surface area contributed by atoms with Crippen LogP contribution in [0.5, 0.6) is 5.88 Å². The number of benzene rings is 1. The van der Waals surface area contributed by atoms with E-state index in [1.54, 1.807) is 0 Å². The number of nitrogens with zero attached hydrogens (tertiary/aromatic N) is 4. The van der Waals surface area contributed by atoms with Crippen LogP contribution in [0, 0.1) is 6.92 Å². The molecule has 1 saturated heterocycles. The predicted molar refractivity (Wildman–Crippen MR) is 141 cm³/mol. The van der Waals surface area contributed by atoms with Gasteiger partial charge < -0.3 is 30.5 Å². The minimum absolute atomic E-state index is 0.0561. The number of carbonyl (C=O) groups excluding carboxylic acids is 1. The molecular formula is C26H36N6O4. The average Bonchev–Trinajstić information content (AvgIpc) is 3.34. The number of primary amides is 1. The van der Waals surface area contributed by atoms with Gasteiger partial charge in [0.1, 0.15) is 12.4 Å². The maximum atomic E-state index is 9.21. The van der Waals surface area contributed by atoms with E-state index >= 15 is 0 Å². The molecule has 3 aromatic rings.